The molecule has 0 aromatic heterocycles. The average molecular weight is 416 g/mol. The summed E-state index contributed by atoms with van der Waals surface area (Å²) in [6.07, 6.45) is 0.172. The number of piperazine rings is 1. The van der Waals surface area contributed by atoms with E-state index in [1.807, 2.05) is 17.0 Å². The van der Waals surface area contributed by atoms with E-state index in [1.54, 1.807) is 0 Å². The zero-order chi connectivity index (χ0) is 20.5. The van der Waals surface area contributed by atoms with E-state index in [0.29, 0.717) is 25.3 Å². The van der Waals surface area contributed by atoms with Crippen LogP contribution in [0.25, 0.3) is 0 Å². The molecule has 0 N–H and O–H groups in total. The van der Waals surface area contributed by atoms with Crippen molar-refractivity contribution in [3.8, 4) is 0 Å². The normalized spacial score (nSPS) is 19.8. The van der Waals surface area contributed by atoms with Gasteiger partial charge < -0.3 is 14.7 Å². The zero-order valence-electron chi connectivity index (χ0n) is 16.3. The lowest BCUT2D eigenvalue weighted by atomic mass is 10.1. The summed E-state index contributed by atoms with van der Waals surface area (Å²) in [6.45, 7) is 5.22. The van der Waals surface area contributed by atoms with Gasteiger partial charge in [-0.15, -0.1) is 0 Å². The molecule has 2 aliphatic heterocycles. The quantitative estimate of drug-likeness (QED) is 0.770. The van der Waals surface area contributed by atoms with Crippen LogP contribution in [-0.4, -0.2) is 49.4 Å². The molecule has 0 saturated carbocycles. The number of aryl methyl sites for hydroxylation is 1. The summed E-state index contributed by atoms with van der Waals surface area (Å²) in [7, 11) is 0. The number of benzene rings is 2. The van der Waals surface area contributed by atoms with Crippen molar-refractivity contribution in [1.29, 1.82) is 0 Å². The molecule has 2 fully saturated rings. The van der Waals surface area contributed by atoms with Crippen LogP contribution in [-0.2, 0) is 9.59 Å². The molecule has 2 heterocycles. The lowest BCUT2D eigenvalue weighted by Crippen LogP contribution is -2.50. The Morgan fingerprint density at radius 2 is 1.83 bits per heavy atom. The second kappa shape index (κ2) is 8.03. The number of hydrogen-bond acceptors (Lipinski definition) is 3. The first-order chi connectivity index (χ1) is 13.9. The second-order valence-corrected chi connectivity index (χ2v) is 8.01. The molecule has 2 amide bonds. The maximum atomic E-state index is 13.4. The Morgan fingerprint density at radius 3 is 2.52 bits per heavy atom. The molecule has 2 saturated heterocycles. The van der Waals surface area contributed by atoms with Crippen LogP contribution in [0, 0.1) is 18.7 Å². The first-order valence-electron chi connectivity index (χ1n) is 9.79. The van der Waals surface area contributed by atoms with Crippen molar-refractivity contribution in [3.05, 3.63) is 58.9 Å². The molecular weight excluding hydrogens is 393 g/mol. The predicted octanol–water partition coefficient (Wildman–Crippen LogP) is 3.49. The van der Waals surface area contributed by atoms with E-state index in [1.165, 1.54) is 34.3 Å². The molecule has 1 atom stereocenters. The summed E-state index contributed by atoms with van der Waals surface area (Å²) in [6, 6.07) is 12.4. The van der Waals surface area contributed by atoms with Crippen molar-refractivity contribution in [2.45, 2.75) is 13.3 Å². The number of rotatable bonds is 3. The fourth-order valence-electron chi connectivity index (χ4n) is 4.12. The van der Waals surface area contributed by atoms with Gasteiger partial charge in [0.2, 0.25) is 11.8 Å². The molecule has 5 nitrogen and oxygen atoms in total. The third-order valence-electron chi connectivity index (χ3n) is 5.74. The van der Waals surface area contributed by atoms with Crippen molar-refractivity contribution in [3.63, 3.8) is 0 Å². The Bertz CT molecular complexity index is 943. The van der Waals surface area contributed by atoms with E-state index in [-0.39, 0.29) is 29.2 Å². The number of carbonyl (C=O) groups excluding carboxylic acids is 2. The van der Waals surface area contributed by atoms with Crippen molar-refractivity contribution < 1.29 is 14.0 Å². The maximum Gasteiger partial charge on any atom is 0.228 e. The van der Waals surface area contributed by atoms with Gasteiger partial charge in [-0.25, -0.2) is 4.39 Å². The fourth-order valence-corrected chi connectivity index (χ4v) is 4.29. The van der Waals surface area contributed by atoms with Gasteiger partial charge in [-0.3, -0.25) is 9.59 Å². The highest BCUT2D eigenvalue weighted by atomic mass is 35.5. The Morgan fingerprint density at radius 1 is 1.10 bits per heavy atom. The van der Waals surface area contributed by atoms with Crippen molar-refractivity contribution in [2.24, 2.45) is 5.92 Å². The number of halogens is 2. The molecule has 0 radical (unpaired) electrons. The predicted molar refractivity (Wildman–Crippen MR) is 112 cm³/mol. The van der Waals surface area contributed by atoms with Gasteiger partial charge in [0.25, 0.3) is 0 Å². The highest BCUT2D eigenvalue weighted by molar-refractivity contribution is 6.31. The van der Waals surface area contributed by atoms with Crippen LogP contribution >= 0.6 is 11.6 Å². The molecule has 0 bridgehead atoms. The van der Waals surface area contributed by atoms with Gasteiger partial charge in [-0.05, 0) is 36.8 Å². The minimum absolute atomic E-state index is 0.0125. The lowest BCUT2D eigenvalue weighted by molar-refractivity contribution is -0.136. The van der Waals surface area contributed by atoms with E-state index in [0.717, 1.165) is 13.1 Å². The second-order valence-electron chi connectivity index (χ2n) is 7.60. The molecule has 152 valence electrons. The molecule has 7 heteroatoms. The molecule has 2 aromatic rings. The van der Waals surface area contributed by atoms with E-state index in [2.05, 4.69) is 24.0 Å². The molecule has 0 unspecified atom stereocenters. The average Bonchev–Trinajstić information content (AvgIpc) is 3.12. The Balaban J connectivity index is 1.39. The van der Waals surface area contributed by atoms with E-state index in [9.17, 15) is 14.0 Å². The smallest absolute Gasteiger partial charge is 0.228 e. The molecule has 2 aliphatic rings. The molecule has 0 spiro atoms. The standard InChI is InChI=1S/C22H23ClFN3O2/c1-15-4-2-3-5-20(15)25-8-10-26(11-9-25)22(29)16-12-21(28)27(14-16)17-6-7-19(24)18(23)13-17/h2-7,13,16H,8-12,14H2,1H3/t16-/m1/s1. The van der Waals surface area contributed by atoms with Gasteiger partial charge in [0.1, 0.15) is 5.82 Å². The van der Waals surface area contributed by atoms with E-state index in [4.69, 9.17) is 11.6 Å². The van der Waals surface area contributed by atoms with Crippen molar-refractivity contribution in [1.82, 2.24) is 4.90 Å². The summed E-state index contributed by atoms with van der Waals surface area (Å²) in [5.41, 5.74) is 2.96. The van der Waals surface area contributed by atoms with Crippen LogP contribution in [0.15, 0.2) is 42.5 Å². The van der Waals surface area contributed by atoms with E-state index < -0.39 is 5.82 Å². The Kier molecular flexibility index (Phi) is 5.46. The summed E-state index contributed by atoms with van der Waals surface area (Å²) in [5.74, 6) is -1.03. The van der Waals surface area contributed by atoms with Crippen LogP contribution in [0.3, 0.4) is 0 Å². The molecular formula is C22H23ClFN3O2. The van der Waals surface area contributed by atoms with Crippen LogP contribution in [0.5, 0.6) is 0 Å². The van der Waals surface area contributed by atoms with Crippen molar-refractivity contribution in [2.75, 3.05) is 42.5 Å². The van der Waals surface area contributed by atoms with Gasteiger partial charge in [0, 0.05) is 50.5 Å². The van der Waals surface area contributed by atoms with Gasteiger partial charge in [-0.2, -0.15) is 0 Å². The number of amides is 2. The number of para-hydroxylation sites is 1. The first-order valence-corrected chi connectivity index (χ1v) is 10.2. The Hall–Kier alpha value is -2.60. The maximum absolute atomic E-state index is 13.4. The number of hydrogen-bond donors (Lipinski definition) is 0. The largest absolute Gasteiger partial charge is 0.368 e. The summed E-state index contributed by atoms with van der Waals surface area (Å²) < 4.78 is 13.4. The van der Waals surface area contributed by atoms with Gasteiger partial charge >= 0.3 is 0 Å². The summed E-state index contributed by atoms with van der Waals surface area (Å²) in [4.78, 5) is 31.1. The number of carbonyl (C=O) groups is 2. The molecule has 29 heavy (non-hydrogen) atoms. The van der Waals surface area contributed by atoms with Gasteiger partial charge in [0.05, 0.1) is 10.9 Å². The van der Waals surface area contributed by atoms with Gasteiger partial charge in [0.15, 0.2) is 0 Å². The lowest BCUT2D eigenvalue weighted by Gasteiger charge is -2.37. The number of anilines is 2. The van der Waals surface area contributed by atoms with Gasteiger partial charge in [-0.1, -0.05) is 29.8 Å². The molecule has 2 aromatic carbocycles. The van der Waals surface area contributed by atoms with Crippen LogP contribution in [0.4, 0.5) is 15.8 Å². The minimum atomic E-state index is -0.527. The molecule has 0 aliphatic carbocycles. The summed E-state index contributed by atoms with van der Waals surface area (Å²) >= 11 is 5.84. The monoisotopic (exact) mass is 415 g/mol. The van der Waals surface area contributed by atoms with E-state index >= 15 is 0 Å². The van der Waals surface area contributed by atoms with Crippen molar-refractivity contribution >= 4 is 34.8 Å². The fraction of sp³-hybridized carbons (Fsp3) is 0.364. The topological polar surface area (TPSA) is 43.9 Å². The third-order valence-corrected chi connectivity index (χ3v) is 6.03. The highest BCUT2D eigenvalue weighted by Gasteiger charge is 2.38. The SMILES string of the molecule is Cc1ccccc1N1CCN(C(=O)[C@@H]2CC(=O)N(c3ccc(F)c(Cl)c3)C2)CC1. The Labute approximate surface area is 174 Å². The minimum Gasteiger partial charge on any atom is -0.368 e. The number of nitrogens with zero attached hydrogens (tertiary/aromatic N) is 3. The highest BCUT2D eigenvalue weighted by Crippen LogP contribution is 2.30. The summed E-state index contributed by atoms with van der Waals surface area (Å²) in [5, 5.41) is -0.0302. The van der Waals surface area contributed by atoms with Crippen LogP contribution < -0.4 is 9.80 Å². The zero-order valence-corrected chi connectivity index (χ0v) is 17.0. The van der Waals surface area contributed by atoms with Crippen LogP contribution in [0.1, 0.15) is 12.0 Å². The van der Waals surface area contributed by atoms with Crippen LogP contribution in [0.2, 0.25) is 5.02 Å². The first kappa shape index (κ1) is 19.7. The molecule has 4 rings (SSSR count). The third kappa shape index (κ3) is 3.94.